The Morgan fingerprint density at radius 2 is 1.90 bits per heavy atom. The molecular formula is C14H18ClNO3S. The number of nitrogens with zero attached hydrogens (tertiary/aromatic N) is 1. The van der Waals surface area contributed by atoms with Crippen LogP contribution in [-0.2, 0) is 9.05 Å². The molecule has 2 rings (SSSR count). The first-order chi connectivity index (χ1) is 9.30. The van der Waals surface area contributed by atoms with E-state index in [1.54, 1.807) is 17.0 Å². The second-order valence-electron chi connectivity index (χ2n) is 5.43. The Morgan fingerprint density at radius 3 is 2.50 bits per heavy atom. The topological polar surface area (TPSA) is 54.5 Å². The van der Waals surface area contributed by atoms with Crippen LogP contribution in [0.4, 0.5) is 0 Å². The molecule has 1 aliphatic heterocycles. The normalized spacial score (nSPS) is 23.6. The van der Waals surface area contributed by atoms with Crippen LogP contribution in [0.2, 0.25) is 0 Å². The van der Waals surface area contributed by atoms with Crippen molar-refractivity contribution in [1.82, 2.24) is 4.90 Å². The molecule has 2 unspecified atom stereocenters. The third kappa shape index (κ3) is 3.15. The number of carbonyl (C=O) groups is 1. The number of piperidine rings is 1. The third-order valence-electron chi connectivity index (χ3n) is 4.00. The predicted octanol–water partition coefficient (Wildman–Crippen LogP) is 2.73. The van der Waals surface area contributed by atoms with Crippen molar-refractivity contribution < 1.29 is 13.2 Å². The average molecular weight is 316 g/mol. The van der Waals surface area contributed by atoms with Crippen LogP contribution in [0.1, 0.15) is 30.6 Å². The second-order valence-corrected chi connectivity index (χ2v) is 7.96. The maximum absolute atomic E-state index is 12.5. The van der Waals surface area contributed by atoms with Gasteiger partial charge in [0, 0.05) is 23.8 Å². The fraction of sp³-hybridized carbons (Fsp3) is 0.500. The van der Waals surface area contributed by atoms with Crippen molar-refractivity contribution in [1.29, 1.82) is 0 Å². The molecule has 1 aromatic rings. The average Bonchev–Trinajstić information content (AvgIpc) is 2.40. The van der Waals surface area contributed by atoms with Gasteiger partial charge in [0.1, 0.15) is 0 Å². The van der Waals surface area contributed by atoms with Gasteiger partial charge in [0.05, 0.1) is 10.5 Å². The van der Waals surface area contributed by atoms with Gasteiger partial charge in [-0.1, -0.05) is 26.0 Å². The highest BCUT2D eigenvalue weighted by Crippen LogP contribution is 2.26. The maximum Gasteiger partial charge on any atom is 0.262 e. The zero-order valence-corrected chi connectivity index (χ0v) is 13.1. The van der Waals surface area contributed by atoms with Crippen molar-refractivity contribution >= 4 is 25.6 Å². The number of hydrogen-bond acceptors (Lipinski definition) is 3. The van der Waals surface area contributed by atoms with E-state index in [1.807, 2.05) is 0 Å². The first kappa shape index (κ1) is 15.3. The summed E-state index contributed by atoms with van der Waals surface area (Å²) in [5.74, 6) is 0.724. The molecule has 0 spiro atoms. The fourth-order valence-electron chi connectivity index (χ4n) is 2.47. The highest BCUT2D eigenvalue weighted by atomic mass is 35.7. The van der Waals surface area contributed by atoms with Crippen molar-refractivity contribution in [3.63, 3.8) is 0 Å². The van der Waals surface area contributed by atoms with Gasteiger partial charge in [-0.2, -0.15) is 0 Å². The SMILES string of the molecule is CC1CCN(C(=O)c2ccccc2S(=O)(=O)Cl)CC1C. The van der Waals surface area contributed by atoms with Crippen molar-refractivity contribution in [2.24, 2.45) is 11.8 Å². The summed E-state index contributed by atoms with van der Waals surface area (Å²) in [4.78, 5) is 14.1. The van der Waals surface area contributed by atoms with E-state index in [-0.39, 0.29) is 16.4 Å². The molecule has 1 heterocycles. The molecule has 0 bridgehead atoms. The lowest BCUT2D eigenvalue weighted by atomic mass is 9.88. The van der Waals surface area contributed by atoms with Gasteiger partial charge in [-0.3, -0.25) is 4.79 Å². The summed E-state index contributed by atoms with van der Waals surface area (Å²) in [6.45, 7) is 5.58. The molecule has 1 amide bonds. The molecule has 4 nitrogen and oxygen atoms in total. The summed E-state index contributed by atoms with van der Waals surface area (Å²) in [6, 6.07) is 6.09. The van der Waals surface area contributed by atoms with E-state index >= 15 is 0 Å². The highest BCUT2D eigenvalue weighted by Gasteiger charge is 2.29. The minimum atomic E-state index is -3.92. The van der Waals surface area contributed by atoms with Crippen LogP contribution < -0.4 is 0 Å². The van der Waals surface area contributed by atoms with Crippen LogP contribution >= 0.6 is 10.7 Å². The smallest absolute Gasteiger partial charge is 0.262 e. The first-order valence-electron chi connectivity index (χ1n) is 6.63. The molecule has 2 atom stereocenters. The van der Waals surface area contributed by atoms with Gasteiger partial charge in [-0.25, -0.2) is 8.42 Å². The van der Waals surface area contributed by atoms with Crippen LogP contribution in [0.15, 0.2) is 29.2 Å². The summed E-state index contributed by atoms with van der Waals surface area (Å²) in [6.07, 6.45) is 0.933. The van der Waals surface area contributed by atoms with Gasteiger partial charge < -0.3 is 4.90 Å². The van der Waals surface area contributed by atoms with E-state index in [1.165, 1.54) is 12.1 Å². The van der Waals surface area contributed by atoms with Crippen LogP contribution in [0.25, 0.3) is 0 Å². The third-order valence-corrected chi connectivity index (χ3v) is 5.38. The van der Waals surface area contributed by atoms with Gasteiger partial charge >= 0.3 is 0 Å². The molecule has 0 aromatic heterocycles. The summed E-state index contributed by atoms with van der Waals surface area (Å²) < 4.78 is 23.1. The Labute approximate surface area is 124 Å². The number of hydrogen-bond donors (Lipinski definition) is 0. The number of halogens is 1. The molecule has 0 radical (unpaired) electrons. The Balaban J connectivity index is 2.31. The number of rotatable bonds is 2. The summed E-state index contributed by atoms with van der Waals surface area (Å²) in [5.41, 5.74) is 0.157. The monoisotopic (exact) mass is 315 g/mol. The van der Waals surface area contributed by atoms with Crippen molar-refractivity contribution in [3.8, 4) is 0 Å². The van der Waals surface area contributed by atoms with E-state index in [0.717, 1.165) is 6.42 Å². The second kappa shape index (κ2) is 5.74. The van der Waals surface area contributed by atoms with E-state index in [2.05, 4.69) is 13.8 Å². The Hall–Kier alpha value is -1.07. The molecule has 0 aliphatic carbocycles. The molecular weight excluding hydrogens is 298 g/mol. The lowest BCUT2D eigenvalue weighted by Crippen LogP contribution is -2.42. The number of benzene rings is 1. The molecule has 1 aliphatic rings. The van der Waals surface area contributed by atoms with Crippen molar-refractivity contribution in [3.05, 3.63) is 29.8 Å². The van der Waals surface area contributed by atoms with E-state index in [0.29, 0.717) is 24.9 Å². The zero-order valence-electron chi connectivity index (χ0n) is 11.5. The van der Waals surface area contributed by atoms with Crippen LogP contribution in [0.5, 0.6) is 0 Å². The van der Waals surface area contributed by atoms with Crippen LogP contribution in [-0.4, -0.2) is 32.3 Å². The standard InChI is InChI=1S/C14H18ClNO3S/c1-10-7-8-16(9-11(10)2)14(17)12-5-3-4-6-13(12)20(15,18)19/h3-6,10-11H,7-9H2,1-2H3. The van der Waals surface area contributed by atoms with E-state index in [4.69, 9.17) is 10.7 Å². The van der Waals surface area contributed by atoms with Gasteiger partial charge in [0.25, 0.3) is 15.0 Å². The molecule has 6 heteroatoms. The van der Waals surface area contributed by atoms with Crippen LogP contribution in [0, 0.1) is 11.8 Å². The summed E-state index contributed by atoms with van der Waals surface area (Å²) in [5, 5.41) is 0. The summed E-state index contributed by atoms with van der Waals surface area (Å²) in [7, 11) is 1.48. The van der Waals surface area contributed by atoms with Gasteiger partial charge in [-0.05, 0) is 30.4 Å². The molecule has 1 fully saturated rings. The quantitative estimate of drug-likeness (QED) is 0.789. The molecule has 0 N–H and O–H groups in total. The minimum Gasteiger partial charge on any atom is -0.338 e. The van der Waals surface area contributed by atoms with E-state index < -0.39 is 9.05 Å². The molecule has 1 saturated heterocycles. The fourth-order valence-corrected chi connectivity index (χ4v) is 3.54. The van der Waals surface area contributed by atoms with Crippen molar-refractivity contribution in [2.75, 3.05) is 13.1 Å². The van der Waals surface area contributed by atoms with Gasteiger partial charge in [-0.15, -0.1) is 0 Å². The highest BCUT2D eigenvalue weighted by molar-refractivity contribution is 8.13. The van der Waals surface area contributed by atoms with Gasteiger partial charge in [0.15, 0.2) is 0 Å². The largest absolute Gasteiger partial charge is 0.338 e. The minimum absolute atomic E-state index is 0.113. The lowest BCUT2D eigenvalue weighted by molar-refractivity contribution is 0.0623. The molecule has 110 valence electrons. The molecule has 1 aromatic carbocycles. The Kier molecular flexibility index (Phi) is 4.39. The molecule has 20 heavy (non-hydrogen) atoms. The Morgan fingerprint density at radius 1 is 1.25 bits per heavy atom. The van der Waals surface area contributed by atoms with Gasteiger partial charge in [0.2, 0.25) is 0 Å². The number of amides is 1. The first-order valence-corrected chi connectivity index (χ1v) is 8.94. The lowest BCUT2D eigenvalue weighted by Gasteiger charge is -2.35. The zero-order chi connectivity index (χ0) is 14.9. The maximum atomic E-state index is 12.5. The predicted molar refractivity (Wildman–Crippen MR) is 78.3 cm³/mol. The number of carbonyl (C=O) groups excluding carboxylic acids is 1. The Bertz CT molecular complexity index is 615. The van der Waals surface area contributed by atoms with Crippen LogP contribution in [0.3, 0.4) is 0 Å². The number of likely N-dealkylation sites (tertiary alicyclic amines) is 1. The van der Waals surface area contributed by atoms with E-state index in [9.17, 15) is 13.2 Å². The van der Waals surface area contributed by atoms with Crippen molar-refractivity contribution in [2.45, 2.75) is 25.2 Å². The molecule has 0 saturated carbocycles. The summed E-state index contributed by atoms with van der Waals surface area (Å²) >= 11 is 0.